The number of piperazine rings is 1. The molecule has 0 unspecified atom stereocenters. The van der Waals surface area contributed by atoms with Crippen molar-refractivity contribution in [1.82, 2.24) is 9.88 Å². The van der Waals surface area contributed by atoms with Gasteiger partial charge < -0.3 is 10.0 Å². The Kier molecular flexibility index (Phi) is 4.38. The highest BCUT2D eigenvalue weighted by Gasteiger charge is 2.23. The van der Waals surface area contributed by atoms with E-state index in [0.29, 0.717) is 12.4 Å². The number of aliphatic hydroxyl groups excluding tert-OH is 1. The van der Waals surface area contributed by atoms with Crippen LogP contribution in [0, 0.1) is 0 Å². The second kappa shape index (κ2) is 5.85. The zero-order valence-electron chi connectivity index (χ0n) is 11.0. The van der Waals surface area contributed by atoms with Crippen LogP contribution in [0.15, 0.2) is 23.2 Å². The Labute approximate surface area is 113 Å². The van der Waals surface area contributed by atoms with Gasteiger partial charge in [-0.25, -0.2) is 13.4 Å². The van der Waals surface area contributed by atoms with Gasteiger partial charge >= 0.3 is 0 Å². The zero-order chi connectivity index (χ0) is 13.9. The van der Waals surface area contributed by atoms with Gasteiger partial charge in [-0.15, -0.1) is 0 Å². The lowest BCUT2D eigenvalue weighted by molar-refractivity contribution is 0.188. The summed E-state index contributed by atoms with van der Waals surface area (Å²) < 4.78 is 23.5. The lowest BCUT2D eigenvalue weighted by Crippen LogP contribution is -2.47. The van der Waals surface area contributed by atoms with E-state index >= 15 is 0 Å². The van der Waals surface area contributed by atoms with Crippen LogP contribution in [0.1, 0.15) is 0 Å². The van der Waals surface area contributed by atoms with Crippen molar-refractivity contribution >= 4 is 15.7 Å². The molecule has 0 radical (unpaired) electrons. The van der Waals surface area contributed by atoms with Gasteiger partial charge in [0.1, 0.15) is 10.7 Å². The Morgan fingerprint density at radius 3 is 2.58 bits per heavy atom. The molecule has 0 aliphatic carbocycles. The Morgan fingerprint density at radius 1 is 1.32 bits per heavy atom. The number of rotatable bonds is 4. The first-order valence-corrected chi connectivity index (χ1v) is 8.15. The Balaban J connectivity index is 2.16. The first-order valence-electron chi connectivity index (χ1n) is 6.25. The third kappa shape index (κ3) is 3.43. The summed E-state index contributed by atoms with van der Waals surface area (Å²) in [6.45, 7) is 3.87. The molecule has 0 amide bonds. The molecule has 6 nitrogen and oxygen atoms in total. The van der Waals surface area contributed by atoms with Gasteiger partial charge in [-0.1, -0.05) is 0 Å². The summed E-state index contributed by atoms with van der Waals surface area (Å²) in [4.78, 5) is 8.64. The van der Waals surface area contributed by atoms with Crippen LogP contribution in [-0.2, 0) is 9.84 Å². The summed E-state index contributed by atoms with van der Waals surface area (Å²) >= 11 is 0. The highest BCUT2D eigenvalue weighted by molar-refractivity contribution is 7.90. The number of hydrogen-bond donors (Lipinski definition) is 1. The third-order valence-electron chi connectivity index (χ3n) is 3.24. The molecular weight excluding hydrogens is 266 g/mol. The molecule has 1 aliphatic heterocycles. The minimum Gasteiger partial charge on any atom is -0.395 e. The van der Waals surface area contributed by atoms with E-state index in [0.717, 1.165) is 26.2 Å². The van der Waals surface area contributed by atoms with Gasteiger partial charge in [0, 0.05) is 45.2 Å². The standard InChI is InChI=1S/C12H19N3O3S/c1-19(17,18)11-3-2-4-13-12(11)15-7-5-14(6-8-15)9-10-16/h2-4,16H,5-10H2,1H3. The largest absolute Gasteiger partial charge is 0.395 e. The van der Waals surface area contributed by atoms with E-state index in [9.17, 15) is 8.42 Å². The fraction of sp³-hybridized carbons (Fsp3) is 0.583. The van der Waals surface area contributed by atoms with Crippen LogP contribution in [0.5, 0.6) is 0 Å². The number of pyridine rings is 1. The van der Waals surface area contributed by atoms with Crippen LogP contribution in [0.2, 0.25) is 0 Å². The zero-order valence-corrected chi connectivity index (χ0v) is 11.8. The molecule has 1 aliphatic rings. The Hall–Kier alpha value is -1.18. The van der Waals surface area contributed by atoms with E-state index in [1.165, 1.54) is 6.26 Å². The molecule has 2 heterocycles. The molecule has 7 heteroatoms. The normalized spacial score (nSPS) is 17.7. The van der Waals surface area contributed by atoms with Gasteiger partial charge in [0.15, 0.2) is 9.84 Å². The highest BCUT2D eigenvalue weighted by Crippen LogP contribution is 2.23. The molecule has 1 aromatic rings. The van der Waals surface area contributed by atoms with E-state index in [-0.39, 0.29) is 11.5 Å². The smallest absolute Gasteiger partial charge is 0.179 e. The lowest BCUT2D eigenvalue weighted by atomic mass is 10.3. The molecule has 106 valence electrons. The average molecular weight is 285 g/mol. The maximum Gasteiger partial charge on any atom is 0.179 e. The van der Waals surface area contributed by atoms with Gasteiger partial charge in [-0.2, -0.15) is 0 Å². The number of anilines is 1. The molecule has 1 aromatic heterocycles. The van der Waals surface area contributed by atoms with Crippen molar-refractivity contribution in [3.63, 3.8) is 0 Å². The van der Waals surface area contributed by atoms with Gasteiger partial charge in [0.25, 0.3) is 0 Å². The number of hydrogen-bond acceptors (Lipinski definition) is 6. The molecule has 1 saturated heterocycles. The molecule has 0 bridgehead atoms. The van der Waals surface area contributed by atoms with E-state index in [1.54, 1.807) is 18.3 Å². The Morgan fingerprint density at radius 2 is 2.00 bits per heavy atom. The van der Waals surface area contributed by atoms with Gasteiger partial charge in [0.2, 0.25) is 0 Å². The van der Waals surface area contributed by atoms with Crippen molar-refractivity contribution in [2.24, 2.45) is 0 Å². The van der Waals surface area contributed by atoms with Crippen molar-refractivity contribution in [1.29, 1.82) is 0 Å². The maximum atomic E-state index is 11.8. The van der Waals surface area contributed by atoms with E-state index in [4.69, 9.17) is 5.11 Å². The van der Waals surface area contributed by atoms with E-state index in [1.807, 2.05) is 4.90 Å². The topological polar surface area (TPSA) is 73.7 Å². The SMILES string of the molecule is CS(=O)(=O)c1cccnc1N1CCN(CCO)CC1. The average Bonchev–Trinajstić information content (AvgIpc) is 2.39. The van der Waals surface area contributed by atoms with Gasteiger partial charge in [-0.05, 0) is 12.1 Å². The molecule has 2 rings (SSSR count). The molecule has 1 N–H and O–H groups in total. The van der Waals surface area contributed by atoms with Crippen LogP contribution in [-0.4, -0.2) is 69.0 Å². The third-order valence-corrected chi connectivity index (χ3v) is 4.36. The second-order valence-corrected chi connectivity index (χ2v) is 6.63. The van der Waals surface area contributed by atoms with Gasteiger partial charge in [-0.3, -0.25) is 4.90 Å². The van der Waals surface area contributed by atoms with Crippen LogP contribution < -0.4 is 4.90 Å². The predicted molar refractivity (Wildman–Crippen MR) is 73.1 cm³/mol. The number of aliphatic hydroxyl groups is 1. The molecule has 1 fully saturated rings. The van der Waals surface area contributed by atoms with Crippen LogP contribution in [0.4, 0.5) is 5.82 Å². The van der Waals surface area contributed by atoms with Crippen LogP contribution in [0.3, 0.4) is 0 Å². The first kappa shape index (κ1) is 14.2. The van der Waals surface area contributed by atoms with Crippen LogP contribution >= 0.6 is 0 Å². The summed E-state index contributed by atoms with van der Waals surface area (Å²) in [6.07, 6.45) is 2.82. The first-order chi connectivity index (χ1) is 9.02. The van der Waals surface area contributed by atoms with E-state index < -0.39 is 9.84 Å². The van der Waals surface area contributed by atoms with E-state index in [2.05, 4.69) is 9.88 Å². The maximum absolute atomic E-state index is 11.8. The summed E-state index contributed by atoms with van der Waals surface area (Å²) in [5.74, 6) is 0.536. The molecule has 0 aromatic carbocycles. The molecule has 19 heavy (non-hydrogen) atoms. The van der Waals surface area contributed by atoms with Crippen molar-refractivity contribution in [2.45, 2.75) is 4.90 Å². The molecule has 0 atom stereocenters. The molecule has 0 saturated carbocycles. The fourth-order valence-corrected chi connectivity index (χ4v) is 3.07. The van der Waals surface area contributed by atoms with Crippen molar-refractivity contribution in [2.75, 3.05) is 50.5 Å². The second-order valence-electron chi connectivity index (χ2n) is 4.65. The number of nitrogens with zero attached hydrogens (tertiary/aromatic N) is 3. The van der Waals surface area contributed by atoms with Crippen molar-refractivity contribution in [3.8, 4) is 0 Å². The van der Waals surface area contributed by atoms with Crippen molar-refractivity contribution in [3.05, 3.63) is 18.3 Å². The fourth-order valence-electron chi connectivity index (χ4n) is 2.23. The molecular formula is C12H19N3O3S. The number of sulfone groups is 1. The summed E-state index contributed by atoms with van der Waals surface area (Å²) in [7, 11) is -3.26. The summed E-state index contributed by atoms with van der Waals surface area (Å²) in [5, 5.41) is 8.91. The number of aromatic nitrogens is 1. The van der Waals surface area contributed by atoms with Gasteiger partial charge in [0.05, 0.1) is 6.61 Å². The number of β-amino-alcohol motifs (C(OH)–C–C–N with tert-alkyl or cyclic N) is 1. The minimum atomic E-state index is -3.26. The minimum absolute atomic E-state index is 0.151. The summed E-state index contributed by atoms with van der Waals surface area (Å²) in [5.41, 5.74) is 0. The molecule has 0 spiro atoms. The van der Waals surface area contributed by atoms with Crippen molar-refractivity contribution < 1.29 is 13.5 Å². The Bertz CT molecular complexity index is 525. The summed E-state index contributed by atoms with van der Waals surface area (Å²) in [6, 6.07) is 3.24. The van der Waals surface area contributed by atoms with Crippen LogP contribution in [0.25, 0.3) is 0 Å². The quantitative estimate of drug-likeness (QED) is 0.811. The monoisotopic (exact) mass is 285 g/mol. The highest BCUT2D eigenvalue weighted by atomic mass is 32.2. The lowest BCUT2D eigenvalue weighted by Gasteiger charge is -2.35. The predicted octanol–water partition coefficient (Wildman–Crippen LogP) is -0.401.